The molecule has 2 aromatic carbocycles. The predicted octanol–water partition coefficient (Wildman–Crippen LogP) is 3.68. The summed E-state index contributed by atoms with van der Waals surface area (Å²) in [5, 5.41) is 10.7. The number of fused-ring (bicyclic) bond motifs is 1. The van der Waals surface area contributed by atoms with Gasteiger partial charge < -0.3 is 5.11 Å². The molecule has 1 fully saturated rings. The first-order valence-corrected chi connectivity index (χ1v) is 13.4. The van der Waals surface area contributed by atoms with Crippen LogP contribution in [0.1, 0.15) is 54.1 Å². The highest BCUT2D eigenvalue weighted by Gasteiger charge is 2.35. The van der Waals surface area contributed by atoms with Gasteiger partial charge in [-0.3, -0.25) is 9.69 Å². The largest absolute Gasteiger partial charge is 0.391 e. The minimum absolute atomic E-state index is 0.0539. The fourth-order valence-corrected chi connectivity index (χ4v) is 6.51. The van der Waals surface area contributed by atoms with E-state index in [1.54, 1.807) is 24.3 Å². The first-order valence-electron chi connectivity index (χ1n) is 11.7. The van der Waals surface area contributed by atoms with Crippen LogP contribution in [0.25, 0.3) is 0 Å². The van der Waals surface area contributed by atoms with Crippen molar-refractivity contribution in [3.63, 3.8) is 0 Å². The fourth-order valence-electron chi connectivity index (χ4n) is 5.06. The molecule has 2 aliphatic rings. The molecular weight excluding hydrogens is 422 g/mol. The molecule has 6 heteroatoms. The number of hydrogen-bond donors (Lipinski definition) is 1. The molecule has 1 saturated heterocycles. The van der Waals surface area contributed by atoms with Crippen LogP contribution in [0.5, 0.6) is 0 Å². The number of unbranched alkanes of at least 4 members (excludes halogenated alkanes) is 1. The second-order valence-corrected chi connectivity index (χ2v) is 11.3. The highest BCUT2D eigenvalue weighted by molar-refractivity contribution is 7.91. The van der Waals surface area contributed by atoms with E-state index in [9.17, 15) is 18.3 Å². The fraction of sp³-hybridized carbons (Fsp3) is 0.500. The number of carbonyl (C=O) groups is 1. The SMILES string of the molecule is CCCCS(=O)(=O)c1ccc(C(=O)C2CCN(C3Cc4ccccc4CC3O)CC2)cc1. The smallest absolute Gasteiger partial charge is 0.178 e. The molecule has 1 aliphatic heterocycles. The van der Waals surface area contributed by atoms with Crippen molar-refractivity contribution in [3.05, 3.63) is 65.2 Å². The van der Waals surface area contributed by atoms with Gasteiger partial charge in [-0.1, -0.05) is 49.7 Å². The van der Waals surface area contributed by atoms with Crippen molar-refractivity contribution >= 4 is 15.6 Å². The highest BCUT2D eigenvalue weighted by atomic mass is 32.2. The first-order chi connectivity index (χ1) is 15.4. The molecular formula is C26H33NO4S. The van der Waals surface area contributed by atoms with Crippen LogP contribution in [-0.2, 0) is 22.7 Å². The van der Waals surface area contributed by atoms with E-state index < -0.39 is 9.84 Å². The van der Waals surface area contributed by atoms with Crippen molar-refractivity contribution in [1.82, 2.24) is 4.90 Å². The Labute approximate surface area is 191 Å². The molecule has 5 nitrogen and oxygen atoms in total. The van der Waals surface area contributed by atoms with Crippen LogP contribution in [0.2, 0.25) is 0 Å². The molecule has 0 radical (unpaired) electrons. The van der Waals surface area contributed by atoms with Crippen LogP contribution in [0.3, 0.4) is 0 Å². The third kappa shape index (κ3) is 4.98. The van der Waals surface area contributed by atoms with Gasteiger partial charge in [0, 0.05) is 23.9 Å². The van der Waals surface area contributed by atoms with Gasteiger partial charge in [0.25, 0.3) is 0 Å². The van der Waals surface area contributed by atoms with Crippen molar-refractivity contribution in [2.24, 2.45) is 5.92 Å². The standard InChI is InChI=1S/C26H33NO4S/c1-2-3-16-32(30,31)23-10-8-19(9-11-23)26(29)20-12-14-27(15-13-20)24-17-21-6-4-5-7-22(21)18-25(24)28/h4-11,20,24-25,28H,2-3,12-18H2,1H3. The van der Waals surface area contributed by atoms with Gasteiger partial charge >= 0.3 is 0 Å². The molecule has 0 amide bonds. The molecule has 4 rings (SSSR count). The number of ketones is 1. The molecule has 0 aromatic heterocycles. The van der Waals surface area contributed by atoms with Gasteiger partial charge in [-0.2, -0.15) is 0 Å². The Kier molecular flexibility index (Phi) is 7.13. The Morgan fingerprint density at radius 2 is 1.62 bits per heavy atom. The lowest BCUT2D eigenvalue weighted by Crippen LogP contribution is -2.51. The summed E-state index contributed by atoms with van der Waals surface area (Å²) >= 11 is 0. The van der Waals surface area contributed by atoms with Crippen LogP contribution in [0.4, 0.5) is 0 Å². The summed E-state index contributed by atoms with van der Waals surface area (Å²) in [6.45, 7) is 3.56. The van der Waals surface area contributed by atoms with E-state index in [4.69, 9.17) is 0 Å². The number of carbonyl (C=O) groups excluding carboxylic acids is 1. The molecule has 0 spiro atoms. The topological polar surface area (TPSA) is 74.7 Å². The Morgan fingerprint density at radius 1 is 1.00 bits per heavy atom. The maximum atomic E-state index is 13.0. The number of sulfone groups is 1. The Morgan fingerprint density at radius 3 is 2.25 bits per heavy atom. The number of nitrogens with zero attached hydrogens (tertiary/aromatic N) is 1. The van der Waals surface area contributed by atoms with Gasteiger partial charge in [-0.25, -0.2) is 8.42 Å². The summed E-state index contributed by atoms with van der Waals surface area (Å²) in [5.41, 5.74) is 3.14. The monoisotopic (exact) mass is 455 g/mol. The van der Waals surface area contributed by atoms with Gasteiger partial charge in [0.1, 0.15) is 0 Å². The molecule has 1 aliphatic carbocycles. The van der Waals surface area contributed by atoms with Crippen LogP contribution in [0, 0.1) is 5.92 Å². The zero-order valence-corrected chi connectivity index (χ0v) is 19.6. The van der Waals surface area contributed by atoms with Crippen molar-refractivity contribution in [2.75, 3.05) is 18.8 Å². The van der Waals surface area contributed by atoms with Crippen LogP contribution >= 0.6 is 0 Å². The van der Waals surface area contributed by atoms with E-state index in [2.05, 4.69) is 23.1 Å². The minimum Gasteiger partial charge on any atom is -0.391 e. The zero-order valence-electron chi connectivity index (χ0n) is 18.7. The number of benzene rings is 2. The minimum atomic E-state index is -3.28. The third-order valence-electron chi connectivity index (χ3n) is 7.05. The van der Waals surface area contributed by atoms with E-state index >= 15 is 0 Å². The van der Waals surface area contributed by atoms with Crippen molar-refractivity contribution < 1.29 is 18.3 Å². The van der Waals surface area contributed by atoms with E-state index in [1.807, 2.05) is 13.0 Å². The lowest BCUT2D eigenvalue weighted by atomic mass is 9.83. The summed E-state index contributed by atoms with van der Waals surface area (Å²) in [6.07, 6.45) is 4.17. The summed E-state index contributed by atoms with van der Waals surface area (Å²) in [4.78, 5) is 15.7. The molecule has 172 valence electrons. The zero-order chi connectivity index (χ0) is 22.7. The van der Waals surface area contributed by atoms with Gasteiger partial charge in [-0.15, -0.1) is 0 Å². The van der Waals surface area contributed by atoms with Crippen molar-refractivity contribution in [1.29, 1.82) is 0 Å². The summed E-state index contributed by atoms with van der Waals surface area (Å²) < 4.78 is 24.7. The van der Waals surface area contributed by atoms with E-state index in [0.717, 1.165) is 38.8 Å². The maximum absolute atomic E-state index is 13.0. The second kappa shape index (κ2) is 9.86. The molecule has 0 saturated carbocycles. The van der Waals surface area contributed by atoms with E-state index in [1.165, 1.54) is 11.1 Å². The average molecular weight is 456 g/mol. The average Bonchev–Trinajstić information content (AvgIpc) is 2.82. The quantitative estimate of drug-likeness (QED) is 0.645. The first kappa shape index (κ1) is 23.1. The number of hydrogen-bond acceptors (Lipinski definition) is 5. The number of aliphatic hydroxyl groups excluding tert-OH is 1. The molecule has 2 aromatic rings. The molecule has 2 atom stereocenters. The lowest BCUT2D eigenvalue weighted by molar-refractivity contribution is 0.0239. The molecule has 1 heterocycles. The van der Waals surface area contributed by atoms with Gasteiger partial charge in [0.15, 0.2) is 15.6 Å². The Bertz CT molecular complexity index is 1040. The summed E-state index contributed by atoms with van der Waals surface area (Å²) in [7, 11) is -3.28. The number of rotatable bonds is 7. The van der Waals surface area contributed by atoms with Crippen LogP contribution < -0.4 is 0 Å². The summed E-state index contributed by atoms with van der Waals surface area (Å²) in [5.74, 6) is 0.186. The predicted molar refractivity (Wildman–Crippen MR) is 126 cm³/mol. The third-order valence-corrected chi connectivity index (χ3v) is 8.87. The second-order valence-electron chi connectivity index (χ2n) is 9.18. The number of piperidine rings is 1. The highest BCUT2D eigenvalue weighted by Crippen LogP contribution is 2.29. The Hall–Kier alpha value is -2.02. The van der Waals surface area contributed by atoms with Gasteiger partial charge in [0.05, 0.1) is 16.8 Å². The van der Waals surface area contributed by atoms with Gasteiger partial charge in [-0.05, 0) is 62.0 Å². The Balaban J connectivity index is 1.36. The molecule has 0 bridgehead atoms. The van der Waals surface area contributed by atoms with Crippen molar-refractivity contribution in [3.8, 4) is 0 Å². The number of aliphatic hydroxyl groups is 1. The normalized spacial score (nSPS) is 22.4. The summed E-state index contributed by atoms with van der Waals surface area (Å²) in [6, 6.07) is 14.9. The van der Waals surface area contributed by atoms with Gasteiger partial charge in [0.2, 0.25) is 0 Å². The number of Topliss-reactive ketones (excluding diaryl/α,β-unsaturated/α-hetero) is 1. The van der Waals surface area contributed by atoms with Crippen molar-refractivity contribution in [2.45, 2.75) is 62.5 Å². The van der Waals surface area contributed by atoms with E-state index in [0.29, 0.717) is 23.3 Å². The molecule has 1 N–H and O–H groups in total. The van der Waals surface area contributed by atoms with Crippen LogP contribution in [-0.4, -0.2) is 55.2 Å². The maximum Gasteiger partial charge on any atom is 0.178 e. The molecule has 2 unspecified atom stereocenters. The number of likely N-dealkylation sites (tertiary alicyclic amines) is 1. The van der Waals surface area contributed by atoms with E-state index in [-0.39, 0.29) is 29.6 Å². The van der Waals surface area contributed by atoms with Crippen LogP contribution in [0.15, 0.2) is 53.4 Å². The lowest BCUT2D eigenvalue weighted by Gasteiger charge is -2.41. The molecule has 32 heavy (non-hydrogen) atoms.